The quantitative estimate of drug-likeness (QED) is 0.893. The number of ether oxygens (including phenoxy) is 1. The summed E-state index contributed by atoms with van der Waals surface area (Å²) >= 11 is 0. The van der Waals surface area contributed by atoms with Gasteiger partial charge in [-0.05, 0) is 43.2 Å². The molecule has 3 rings (SSSR count). The number of para-hydroxylation sites is 2. The minimum Gasteiger partial charge on any atom is -0.492 e. The second-order valence-corrected chi connectivity index (χ2v) is 5.77. The van der Waals surface area contributed by atoms with Crippen LogP contribution in [-0.4, -0.2) is 25.1 Å². The number of carbonyl (C=O) groups is 2. The van der Waals surface area contributed by atoms with E-state index in [2.05, 4.69) is 10.6 Å². The fraction of sp³-hybridized carbons (Fsp3) is 0.263. The number of rotatable bonds is 4. The third kappa shape index (κ3) is 3.74. The van der Waals surface area contributed by atoms with E-state index in [0.29, 0.717) is 30.3 Å². The maximum absolute atomic E-state index is 12.3. The number of fused-ring (bicyclic) bond motifs is 1. The van der Waals surface area contributed by atoms with Crippen molar-refractivity contribution >= 4 is 29.0 Å². The SMILES string of the molecule is CCOc1ccccc1NC(=O)Nc1ccc2c(c1)N(C(C)=O)CC2. The van der Waals surface area contributed by atoms with Gasteiger partial charge in [-0.3, -0.25) is 4.79 Å². The highest BCUT2D eigenvalue weighted by Gasteiger charge is 2.22. The highest BCUT2D eigenvalue weighted by molar-refractivity contribution is 6.01. The molecule has 2 aromatic carbocycles. The predicted octanol–water partition coefficient (Wildman–Crippen LogP) is 3.64. The Hall–Kier alpha value is -3.02. The summed E-state index contributed by atoms with van der Waals surface area (Å²) < 4.78 is 5.50. The third-order valence-corrected chi connectivity index (χ3v) is 4.05. The van der Waals surface area contributed by atoms with Gasteiger partial charge in [-0.2, -0.15) is 0 Å². The number of amides is 3. The first kappa shape index (κ1) is 16.8. The van der Waals surface area contributed by atoms with Crippen LogP contribution in [0.5, 0.6) is 5.75 Å². The van der Waals surface area contributed by atoms with Crippen molar-refractivity contribution < 1.29 is 14.3 Å². The first-order valence-corrected chi connectivity index (χ1v) is 8.29. The van der Waals surface area contributed by atoms with Gasteiger partial charge in [0.2, 0.25) is 5.91 Å². The number of urea groups is 1. The molecule has 0 atom stereocenters. The molecule has 0 spiro atoms. The number of nitrogens with one attached hydrogen (secondary N) is 2. The maximum atomic E-state index is 12.3. The van der Waals surface area contributed by atoms with Crippen LogP contribution in [0.3, 0.4) is 0 Å². The monoisotopic (exact) mass is 339 g/mol. The fourth-order valence-corrected chi connectivity index (χ4v) is 2.92. The minimum atomic E-state index is -0.362. The van der Waals surface area contributed by atoms with E-state index < -0.39 is 0 Å². The number of anilines is 3. The van der Waals surface area contributed by atoms with E-state index in [1.807, 2.05) is 37.3 Å². The maximum Gasteiger partial charge on any atom is 0.323 e. The standard InChI is InChI=1S/C19H21N3O3/c1-3-25-18-7-5-4-6-16(18)21-19(24)20-15-9-8-14-10-11-22(13(2)23)17(14)12-15/h4-9,12H,3,10-11H2,1-2H3,(H2,20,21,24). The Morgan fingerprint density at radius 2 is 1.96 bits per heavy atom. The molecule has 0 aliphatic carbocycles. The second-order valence-electron chi connectivity index (χ2n) is 5.77. The molecule has 1 heterocycles. The Kier molecular flexibility index (Phi) is 4.88. The molecule has 0 unspecified atom stereocenters. The summed E-state index contributed by atoms with van der Waals surface area (Å²) in [7, 11) is 0. The van der Waals surface area contributed by atoms with Gasteiger partial charge in [0.15, 0.2) is 0 Å². The summed E-state index contributed by atoms with van der Waals surface area (Å²) in [5, 5.41) is 5.60. The van der Waals surface area contributed by atoms with Gasteiger partial charge < -0.3 is 20.3 Å². The fourth-order valence-electron chi connectivity index (χ4n) is 2.92. The molecular weight excluding hydrogens is 318 g/mol. The third-order valence-electron chi connectivity index (χ3n) is 4.05. The van der Waals surface area contributed by atoms with Crippen LogP contribution in [-0.2, 0) is 11.2 Å². The second kappa shape index (κ2) is 7.25. The summed E-state index contributed by atoms with van der Waals surface area (Å²) in [6.45, 7) is 4.64. The smallest absolute Gasteiger partial charge is 0.323 e. The first-order valence-electron chi connectivity index (χ1n) is 8.29. The Bertz CT molecular complexity index is 804. The van der Waals surface area contributed by atoms with E-state index in [9.17, 15) is 9.59 Å². The summed E-state index contributed by atoms with van der Waals surface area (Å²) in [5.74, 6) is 0.628. The van der Waals surface area contributed by atoms with Gasteiger partial charge in [-0.1, -0.05) is 18.2 Å². The molecule has 0 aromatic heterocycles. The Balaban J connectivity index is 1.72. The molecule has 3 amide bonds. The molecule has 1 aliphatic heterocycles. The van der Waals surface area contributed by atoms with Gasteiger partial charge in [0.25, 0.3) is 0 Å². The van der Waals surface area contributed by atoms with Crippen LogP contribution < -0.4 is 20.3 Å². The van der Waals surface area contributed by atoms with Crippen molar-refractivity contribution in [1.82, 2.24) is 0 Å². The van der Waals surface area contributed by atoms with E-state index in [4.69, 9.17) is 4.74 Å². The van der Waals surface area contributed by atoms with Crippen molar-refractivity contribution in [3.05, 3.63) is 48.0 Å². The van der Waals surface area contributed by atoms with E-state index in [-0.39, 0.29) is 11.9 Å². The molecule has 2 N–H and O–H groups in total. The number of carbonyl (C=O) groups excluding carboxylic acids is 2. The zero-order valence-corrected chi connectivity index (χ0v) is 14.3. The molecule has 0 radical (unpaired) electrons. The van der Waals surface area contributed by atoms with Gasteiger partial charge in [0, 0.05) is 24.8 Å². The van der Waals surface area contributed by atoms with E-state index in [1.165, 1.54) is 0 Å². The van der Waals surface area contributed by atoms with Gasteiger partial charge >= 0.3 is 6.03 Å². The number of hydrogen-bond acceptors (Lipinski definition) is 3. The average Bonchev–Trinajstić information content (AvgIpc) is 3.00. The number of hydrogen-bond donors (Lipinski definition) is 2. The molecule has 6 heteroatoms. The van der Waals surface area contributed by atoms with Crippen molar-refractivity contribution in [3.63, 3.8) is 0 Å². The van der Waals surface area contributed by atoms with E-state index in [1.54, 1.807) is 24.0 Å². The van der Waals surface area contributed by atoms with Crippen molar-refractivity contribution in [2.75, 3.05) is 28.7 Å². The van der Waals surface area contributed by atoms with Gasteiger partial charge in [-0.25, -0.2) is 4.79 Å². The number of nitrogens with zero attached hydrogens (tertiary/aromatic N) is 1. The summed E-state index contributed by atoms with van der Waals surface area (Å²) in [6.07, 6.45) is 0.836. The topological polar surface area (TPSA) is 70.7 Å². The lowest BCUT2D eigenvalue weighted by Gasteiger charge is -2.16. The summed E-state index contributed by atoms with van der Waals surface area (Å²) in [4.78, 5) is 25.7. The Morgan fingerprint density at radius 3 is 2.72 bits per heavy atom. The van der Waals surface area contributed by atoms with Gasteiger partial charge in [-0.15, -0.1) is 0 Å². The van der Waals surface area contributed by atoms with Crippen LogP contribution in [0.1, 0.15) is 19.4 Å². The Morgan fingerprint density at radius 1 is 1.16 bits per heavy atom. The molecule has 0 saturated carbocycles. The van der Waals surface area contributed by atoms with Crippen molar-refractivity contribution in [3.8, 4) is 5.75 Å². The average molecular weight is 339 g/mol. The zero-order chi connectivity index (χ0) is 17.8. The predicted molar refractivity (Wildman–Crippen MR) is 98.4 cm³/mol. The molecule has 1 aliphatic rings. The lowest BCUT2D eigenvalue weighted by atomic mass is 10.1. The molecular formula is C19H21N3O3. The zero-order valence-electron chi connectivity index (χ0n) is 14.3. The summed E-state index contributed by atoms with van der Waals surface area (Å²) in [6, 6.07) is 12.5. The molecule has 6 nitrogen and oxygen atoms in total. The molecule has 0 saturated heterocycles. The van der Waals surface area contributed by atoms with Crippen LogP contribution in [0.15, 0.2) is 42.5 Å². The normalized spacial score (nSPS) is 12.5. The minimum absolute atomic E-state index is 0.00555. The first-order chi connectivity index (χ1) is 12.1. The largest absolute Gasteiger partial charge is 0.492 e. The summed E-state index contributed by atoms with van der Waals surface area (Å²) in [5.41, 5.74) is 3.22. The number of benzene rings is 2. The molecule has 130 valence electrons. The van der Waals surface area contributed by atoms with Crippen LogP contribution >= 0.6 is 0 Å². The van der Waals surface area contributed by atoms with Crippen LogP contribution in [0, 0.1) is 0 Å². The van der Waals surface area contributed by atoms with Gasteiger partial charge in [0.1, 0.15) is 5.75 Å². The molecule has 2 aromatic rings. The lowest BCUT2D eigenvalue weighted by Crippen LogP contribution is -2.26. The van der Waals surface area contributed by atoms with Crippen molar-refractivity contribution in [1.29, 1.82) is 0 Å². The molecule has 0 bridgehead atoms. The van der Waals surface area contributed by atoms with Gasteiger partial charge in [0.05, 0.1) is 12.3 Å². The molecule has 0 fully saturated rings. The van der Waals surface area contributed by atoms with Crippen molar-refractivity contribution in [2.24, 2.45) is 0 Å². The lowest BCUT2D eigenvalue weighted by molar-refractivity contribution is -0.116. The Labute approximate surface area is 146 Å². The van der Waals surface area contributed by atoms with Crippen molar-refractivity contribution in [2.45, 2.75) is 20.3 Å². The highest BCUT2D eigenvalue weighted by atomic mass is 16.5. The van der Waals surface area contributed by atoms with Crippen LogP contribution in [0.2, 0.25) is 0 Å². The van der Waals surface area contributed by atoms with Crippen LogP contribution in [0.25, 0.3) is 0 Å². The van der Waals surface area contributed by atoms with E-state index >= 15 is 0 Å². The van der Waals surface area contributed by atoms with Crippen LogP contribution in [0.4, 0.5) is 21.9 Å². The highest BCUT2D eigenvalue weighted by Crippen LogP contribution is 2.31. The van der Waals surface area contributed by atoms with E-state index in [0.717, 1.165) is 17.7 Å². The molecule has 25 heavy (non-hydrogen) atoms.